The Balaban J connectivity index is 1.62. The fourth-order valence-corrected chi connectivity index (χ4v) is 4.54. The van der Waals surface area contributed by atoms with E-state index in [0.717, 1.165) is 21.2 Å². The fraction of sp³-hybridized carbons (Fsp3) is 0.364. The standard InChI is InChI=1S/C22H25ClN2O2S/c1-17(26)25-14-11-22(12-15-25,18-5-3-2-4-6-18)21(27)24-13-16-28-20-9-7-19(23)8-10-20/h2-10H,11-16H2,1H3,(H,24,27). The van der Waals surface area contributed by atoms with Gasteiger partial charge in [-0.15, -0.1) is 11.8 Å². The molecule has 2 amide bonds. The molecule has 0 bridgehead atoms. The fourth-order valence-electron chi connectivity index (χ4n) is 3.64. The highest BCUT2D eigenvalue weighted by Gasteiger charge is 2.43. The Hall–Kier alpha value is -1.98. The third kappa shape index (κ3) is 4.89. The van der Waals surface area contributed by atoms with Gasteiger partial charge in [0.15, 0.2) is 0 Å². The molecule has 1 aliphatic rings. The maximum absolute atomic E-state index is 13.2. The van der Waals surface area contributed by atoms with Crippen LogP contribution in [0.15, 0.2) is 59.5 Å². The number of carbonyl (C=O) groups is 2. The van der Waals surface area contributed by atoms with Gasteiger partial charge in [0, 0.05) is 42.2 Å². The number of benzene rings is 2. The van der Waals surface area contributed by atoms with Crippen molar-refractivity contribution < 1.29 is 9.59 Å². The molecule has 148 valence electrons. The van der Waals surface area contributed by atoms with Gasteiger partial charge < -0.3 is 10.2 Å². The molecule has 0 atom stereocenters. The molecule has 1 aliphatic heterocycles. The molecule has 0 saturated carbocycles. The predicted molar refractivity (Wildman–Crippen MR) is 115 cm³/mol. The number of amides is 2. The van der Waals surface area contributed by atoms with Crippen LogP contribution in [0.1, 0.15) is 25.3 Å². The van der Waals surface area contributed by atoms with Crippen LogP contribution in [0.3, 0.4) is 0 Å². The quantitative estimate of drug-likeness (QED) is 0.569. The zero-order valence-corrected chi connectivity index (χ0v) is 17.6. The maximum Gasteiger partial charge on any atom is 0.230 e. The van der Waals surface area contributed by atoms with E-state index in [4.69, 9.17) is 11.6 Å². The van der Waals surface area contributed by atoms with Gasteiger partial charge in [0.1, 0.15) is 0 Å². The van der Waals surface area contributed by atoms with Crippen molar-refractivity contribution >= 4 is 35.2 Å². The van der Waals surface area contributed by atoms with E-state index in [2.05, 4.69) is 5.32 Å². The Morgan fingerprint density at radius 1 is 1.07 bits per heavy atom. The summed E-state index contributed by atoms with van der Waals surface area (Å²) in [5.74, 6) is 0.915. The first-order chi connectivity index (χ1) is 13.5. The van der Waals surface area contributed by atoms with E-state index in [1.807, 2.05) is 59.5 Å². The monoisotopic (exact) mass is 416 g/mol. The zero-order valence-electron chi connectivity index (χ0n) is 16.0. The number of nitrogens with one attached hydrogen (secondary N) is 1. The van der Waals surface area contributed by atoms with E-state index in [1.165, 1.54) is 0 Å². The van der Waals surface area contributed by atoms with Crippen LogP contribution in [0.4, 0.5) is 0 Å². The summed E-state index contributed by atoms with van der Waals surface area (Å²) in [7, 11) is 0. The minimum atomic E-state index is -0.571. The summed E-state index contributed by atoms with van der Waals surface area (Å²) in [6.45, 7) is 3.40. The van der Waals surface area contributed by atoms with Crippen molar-refractivity contribution in [1.29, 1.82) is 0 Å². The van der Waals surface area contributed by atoms with Crippen LogP contribution in [-0.2, 0) is 15.0 Å². The molecule has 3 rings (SSSR count). The van der Waals surface area contributed by atoms with Crippen molar-refractivity contribution in [2.75, 3.05) is 25.4 Å². The number of piperidine rings is 1. The lowest BCUT2D eigenvalue weighted by atomic mass is 9.72. The van der Waals surface area contributed by atoms with Crippen molar-refractivity contribution in [3.8, 4) is 0 Å². The third-order valence-corrected chi connectivity index (χ3v) is 6.56. The summed E-state index contributed by atoms with van der Waals surface area (Å²) >= 11 is 7.60. The van der Waals surface area contributed by atoms with E-state index >= 15 is 0 Å². The molecule has 6 heteroatoms. The lowest BCUT2D eigenvalue weighted by Gasteiger charge is -2.40. The van der Waals surface area contributed by atoms with Crippen LogP contribution in [0.2, 0.25) is 5.02 Å². The molecule has 0 spiro atoms. The third-order valence-electron chi connectivity index (χ3n) is 5.29. The molecule has 2 aromatic carbocycles. The number of thioether (sulfide) groups is 1. The first-order valence-electron chi connectivity index (χ1n) is 9.49. The SMILES string of the molecule is CC(=O)N1CCC(C(=O)NCCSc2ccc(Cl)cc2)(c2ccccc2)CC1. The van der Waals surface area contributed by atoms with Crippen molar-refractivity contribution in [2.45, 2.75) is 30.1 Å². The second kappa shape index (κ2) is 9.48. The Morgan fingerprint density at radius 2 is 1.71 bits per heavy atom. The average Bonchev–Trinajstić information content (AvgIpc) is 2.73. The lowest BCUT2D eigenvalue weighted by Crippen LogP contribution is -2.52. The Bertz CT molecular complexity index is 803. The maximum atomic E-state index is 13.2. The highest BCUT2D eigenvalue weighted by Crippen LogP contribution is 2.36. The molecule has 28 heavy (non-hydrogen) atoms. The number of carbonyl (C=O) groups excluding carboxylic acids is 2. The molecule has 4 nitrogen and oxygen atoms in total. The largest absolute Gasteiger partial charge is 0.354 e. The zero-order chi connectivity index (χ0) is 20.0. The molecular weight excluding hydrogens is 392 g/mol. The van der Waals surface area contributed by atoms with Gasteiger partial charge in [-0.3, -0.25) is 9.59 Å². The molecule has 2 aromatic rings. The highest BCUT2D eigenvalue weighted by atomic mass is 35.5. The van der Waals surface area contributed by atoms with Crippen molar-refractivity contribution in [3.05, 3.63) is 65.2 Å². The van der Waals surface area contributed by atoms with Crippen molar-refractivity contribution in [2.24, 2.45) is 0 Å². The molecule has 0 aliphatic carbocycles. The summed E-state index contributed by atoms with van der Waals surface area (Å²) in [6, 6.07) is 17.6. The normalized spacial score (nSPS) is 15.9. The second-order valence-corrected chi connectivity index (χ2v) is 8.62. The van der Waals surface area contributed by atoms with Gasteiger partial charge in [0.05, 0.1) is 5.41 Å². The van der Waals surface area contributed by atoms with Crippen LogP contribution in [0, 0.1) is 0 Å². The van der Waals surface area contributed by atoms with E-state index in [-0.39, 0.29) is 11.8 Å². The van der Waals surface area contributed by atoms with Gasteiger partial charge in [-0.05, 0) is 42.7 Å². The number of halogens is 1. The van der Waals surface area contributed by atoms with Gasteiger partial charge in [-0.1, -0.05) is 41.9 Å². The average molecular weight is 417 g/mol. The second-order valence-electron chi connectivity index (χ2n) is 7.01. The summed E-state index contributed by atoms with van der Waals surface area (Å²) < 4.78 is 0. The molecular formula is C22H25ClN2O2S. The van der Waals surface area contributed by atoms with Crippen LogP contribution >= 0.6 is 23.4 Å². The van der Waals surface area contributed by atoms with E-state index in [0.29, 0.717) is 32.5 Å². The lowest BCUT2D eigenvalue weighted by molar-refractivity contribution is -0.135. The number of hydrogen-bond donors (Lipinski definition) is 1. The van der Waals surface area contributed by atoms with Crippen molar-refractivity contribution in [3.63, 3.8) is 0 Å². The Labute approximate surface area is 175 Å². The Kier molecular flexibility index (Phi) is 7.03. The molecule has 0 radical (unpaired) electrons. The predicted octanol–water partition coefficient (Wildman–Crippen LogP) is 4.13. The summed E-state index contributed by atoms with van der Waals surface area (Å²) in [6.07, 6.45) is 1.29. The first-order valence-corrected chi connectivity index (χ1v) is 10.9. The Morgan fingerprint density at radius 3 is 2.32 bits per heavy atom. The van der Waals surface area contributed by atoms with Gasteiger partial charge in [0.25, 0.3) is 0 Å². The van der Waals surface area contributed by atoms with E-state index in [9.17, 15) is 9.59 Å². The first kappa shape index (κ1) is 20.7. The number of likely N-dealkylation sites (tertiary alicyclic amines) is 1. The van der Waals surface area contributed by atoms with Crippen LogP contribution in [-0.4, -0.2) is 42.1 Å². The highest BCUT2D eigenvalue weighted by molar-refractivity contribution is 7.99. The van der Waals surface area contributed by atoms with Crippen LogP contribution in [0.5, 0.6) is 0 Å². The molecule has 1 heterocycles. The van der Waals surface area contributed by atoms with Crippen molar-refractivity contribution in [1.82, 2.24) is 10.2 Å². The smallest absolute Gasteiger partial charge is 0.230 e. The molecule has 1 saturated heterocycles. The molecule has 0 aromatic heterocycles. The number of nitrogens with zero attached hydrogens (tertiary/aromatic N) is 1. The number of rotatable bonds is 6. The summed E-state index contributed by atoms with van der Waals surface area (Å²) in [4.78, 5) is 27.9. The minimum Gasteiger partial charge on any atom is -0.354 e. The topological polar surface area (TPSA) is 49.4 Å². The van der Waals surface area contributed by atoms with Gasteiger partial charge in [0.2, 0.25) is 11.8 Å². The van der Waals surface area contributed by atoms with Gasteiger partial charge >= 0.3 is 0 Å². The van der Waals surface area contributed by atoms with Crippen LogP contribution < -0.4 is 5.32 Å². The van der Waals surface area contributed by atoms with E-state index < -0.39 is 5.41 Å². The molecule has 1 N–H and O–H groups in total. The minimum absolute atomic E-state index is 0.0543. The van der Waals surface area contributed by atoms with Gasteiger partial charge in [-0.25, -0.2) is 0 Å². The summed E-state index contributed by atoms with van der Waals surface area (Å²) in [5, 5.41) is 3.85. The summed E-state index contributed by atoms with van der Waals surface area (Å²) in [5.41, 5.74) is 0.457. The van der Waals surface area contributed by atoms with Crippen LogP contribution in [0.25, 0.3) is 0 Å². The molecule has 1 fully saturated rings. The van der Waals surface area contributed by atoms with E-state index in [1.54, 1.807) is 18.7 Å². The van der Waals surface area contributed by atoms with Gasteiger partial charge in [-0.2, -0.15) is 0 Å². The number of hydrogen-bond acceptors (Lipinski definition) is 3. The molecule has 0 unspecified atom stereocenters.